The molecule has 0 N–H and O–H groups in total. The second-order valence-corrected chi connectivity index (χ2v) is 7.39. The molecule has 7 heteroatoms. The summed E-state index contributed by atoms with van der Waals surface area (Å²) in [5.41, 5.74) is 1.48. The number of rotatable bonds is 3. The SMILES string of the molecule is O=C(/C=C/c1c(Cl)cccc1Cl)N1CCCC(c2nnc3ccccn23)C1. The molecule has 1 unspecified atom stereocenters. The van der Waals surface area contributed by atoms with E-state index in [0.717, 1.165) is 30.9 Å². The number of carbonyl (C=O) groups excluding carboxylic acids is 1. The first-order valence-corrected chi connectivity index (χ1v) is 9.60. The lowest BCUT2D eigenvalue weighted by Crippen LogP contribution is -2.38. The van der Waals surface area contributed by atoms with Crippen LogP contribution in [0.1, 0.15) is 30.1 Å². The summed E-state index contributed by atoms with van der Waals surface area (Å²) >= 11 is 12.3. The third kappa shape index (κ3) is 3.70. The molecule has 0 bridgehead atoms. The van der Waals surface area contributed by atoms with Crippen molar-refractivity contribution in [3.63, 3.8) is 0 Å². The number of carbonyl (C=O) groups is 1. The van der Waals surface area contributed by atoms with Crippen LogP contribution in [0, 0.1) is 0 Å². The van der Waals surface area contributed by atoms with Crippen LogP contribution in [0.5, 0.6) is 0 Å². The van der Waals surface area contributed by atoms with Crippen molar-refractivity contribution < 1.29 is 4.79 Å². The maximum atomic E-state index is 12.7. The molecule has 27 heavy (non-hydrogen) atoms. The van der Waals surface area contributed by atoms with E-state index in [1.807, 2.05) is 33.7 Å². The van der Waals surface area contributed by atoms with Gasteiger partial charge in [-0.25, -0.2) is 0 Å². The van der Waals surface area contributed by atoms with Crippen LogP contribution in [0.4, 0.5) is 0 Å². The Labute approximate surface area is 167 Å². The molecule has 3 aromatic rings. The number of halogens is 2. The lowest BCUT2D eigenvalue weighted by atomic mass is 9.97. The number of aromatic nitrogens is 3. The van der Waals surface area contributed by atoms with Crippen LogP contribution >= 0.6 is 23.2 Å². The van der Waals surface area contributed by atoms with Crippen molar-refractivity contribution in [3.05, 3.63) is 70.1 Å². The Morgan fingerprint density at radius 2 is 1.93 bits per heavy atom. The average molecular weight is 401 g/mol. The smallest absolute Gasteiger partial charge is 0.246 e. The zero-order chi connectivity index (χ0) is 18.8. The van der Waals surface area contributed by atoms with E-state index in [2.05, 4.69) is 10.2 Å². The molecule has 1 aliphatic heterocycles. The maximum Gasteiger partial charge on any atom is 0.246 e. The normalized spacial score (nSPS) is 17.7. The van der Waals surface area contributed by atoms with Gasteiger partial charge in [0.25, 0.3) is 0 Å². The summed E-state index contributed by atoms with van der Waals surface area (Å²) in [6, 6.07) is 11.1. The third-order valence-corrected chi connectivity index (χ3v) is 5.49. The van der Waals surface area contributed by atoms with E-state index in [0.29, 0.717) is 22.2 Å². The van der Waals surface area contributed by atoms with Gasteiger partial charge in [0, 0.05) is 46.9 Å². The quantitative estimate of drug-likeness (QED) is 0.609. The van der Waals surface area contributed by atoms with Crippen LogP contribution in [0.15, 0.2) is 48.7 Å². The molecule has 1 atom stereocenters. The molecule has 1 amide bonds. The van der Waals surface area contributed by atoms with Crippen LogP contribution in [0.2, 0.25) is 10.0 Å². The highest BCUT2D eigenvalue weighted by Gasteiger charge is 2.27. The standard InChI is InChI=1S/C20H18Cl2N4O/c21-16-6-3-7-17(22)15(16)9-10-19(27)25-11-4-5-14(13-25)20-24-23-18-8-1-2-12-26(18)20/h1-3,6-10,12,14H,4-5,11,13H2/b10-9+. The zero-order valence-electron chi connectivity index (χ0n) is 14.6. The van der Waals surface area contributed by atoms with Crippen molar-refractivity contribution in [3.8, 4) is 0 Å². The van der Waals surface area contributed by atoms with Crippen molar-refractivity contribution in [2.45, 2.75) is 18.8 Å². The number of nitrogens with zero attached hydrogens (tertiary/aromatic N) is 4. The molecule has 0 spiro atoms. The van der Waals surface area contributed by atoms with Crippen molar-refractivity contribution in [1.82, 2.24) is 19.5 Å². The molecule has 0 saturated carbocycles. The lowest BCUT2D eigenvalue weighted by Gasteiger charge is -2.31. The van der Waals surface area contributed by atoms with E-state index in [9.17, 15) is 4.79 Å². The van der Waals surface area contributed by atoms with Gasteiger partial charge in [-0.2, -0.15) is 0 Å². The molecule has 0 radical (unpaired) electrons. The summed E-state index contributed by atoms with van der Waals surface area (Å²) in [6.45, 7) is 1.35. The summed E-state index contributed by atoms with van der Waals surface area (Å²) in [4.78, 5) is 14.5. The van der Waals surface area contributed by atoms with Crippen LogP contribution in [0.25, 0.3) is 11.7 Å². The summed E-state index contributed by atoms with van der Waals surface area (Å²) in [5, 5.41) is 9.63. The summed E-state index contributed by atoms with van der Waals surface area (Å²) in [5.74, 6) is 1.02. The average Bonchev–Trinajstić information content (AvgIpc) is 3.12. The van der Waals surface area contributed by atoms with Crippen molar-refractivity contribution in [2.75, 3.05) is 13.1 Å². The van der Waals surface area contributed by atoms with E-state index in [1.54, 1.807) is 24.3 Å². The van der Waals surface area contributed by atoms with E-state index >= 15 is 0 Å². The monoisotopic (exact) mass is 400 g/mol. The Morgan fingerprint density at radius 1 is 1.11 bits per heavy atom. The van der Waals surface area contributed by atoms with Gasteiger partial charge in [0.2, 0.25) is 5.91 Å². The topological polar surface area (TPSA) is 50.5 Å². The van der Waals surface area contributed by atoms with Gasteiger partial charge in [-0.1, -0.05) is 35.3 Å². The van der Waals surface area contributed by atoms with Gasteiger partial charge in [-0.05, 0) is 43.2 Å². The number of likely N-dealkylation sites (tertiary alicyclic amines) is 1. The van der Waals surface area contributed by atoms with E-state index in [-0.39, 0.29) is 11.8 Å². The Bertz CT molecular complexity index is 994. The molecule has 1 aliphatic rings. The molecule has 3 heterocycles. The molecular formula is C20H18Cl2N4O. The summed E-state index contributed by atoms with van der Waals surface area (Å²) in [7, 11) is 0. The van der Waals surface area contributed by atoms with Gasteiger partial charge >= 0.3 is 0 Å². The fraction of sp³-hybridized carbons (Fsp3) is 0.250. The highest BCUT2D eigenvalue weighted by Crippen LogP contribution is 2.28. The molecule has 138 valence electrons. The molecule has 0 aliphatic carbocycles. The Balaban J connectivity index is 1.51. The second-order valence-electron chi connectivity index (χ2n) is 6.58. The van der Waals surface area contributed by atoms with Gasteiger partial charge in [0.15, 0.2) is 5.65 Å². The Kier molecular flexibility index (Phi) is 5.14. The minimum absolute atomic E-state index is 0.0514. The predicted octanol–water partition coefficient (Wildman–Crippen LogP) is 4.46. The predicted molar refractivity (Wildman–Crippen MR) is 107 cm³/mol. The van der Waals surface area contributed by atoms with Crippen LogP contribution in [0.3, 0.4) is 0 Å². The fourth-order valence-corrected chi connectivity index (χ4v) is 3.98. The number of hydrogen-bond acceptors (Lipinski definition) is 3. The largest absolute Gasteiger partial charge is 0.338 e. The number of benzene rings is 1. The van der Waals surface area contributed by atoms with E-state index in [1.165, 1.54) is 6.08 Å². The molecule has 5 nitrogen and oxygen atoms in total. The van der Waals surface area contributed by atoms with E-state index < -0.39 is 0 Å². The number of hydrogen-bond donors (Lipinski definition) is 0. The van der Waals surface area contributed by atoms with E-state index in [4.69, 9.17) is 23.2 Å². The Hall–Kier alpha value is -2.37. The lowest BCUT2D eigenvalue weighted by molar-refractivity contribution is -0.127. The van der Waals surface area contributed by atoms with Crippen LogP contribution in [-0.4, -0.2) is 38.5 Å². The number of piperidine rings is 1. The first kappa shape index (κ1) is 18.0. The second kappa shape index (κ2) is 7.71. The maximum absolute atomic E-state index is 12.7. The molecule has 1 fully saturated rings. The Morgan fingerprint density at radius 3 is 2.74 bits per heavy atom. The minimum atomic E-state index is -0.0514. The summed E-state index contributed by atoms with van der Waals surface area (Å²) < 4.78 is 2.00. The molecule has 1 aromatic carbocycles. The van der Waals surface area contributed by atoms with Gasteiger partial charge in [-0.15, -0.1) is 10.2 Å². The van der Waals surface area contributed by atoms with Crippen LogP contribution in [-0.2, 0) is 4.79 Å². The van der Waals surface area contributed by atoms with Gasteiger partial charge in [0.1, 0.15) is 5.82 Å². The number of fused-ring (bicyclic) bond motifs is 1. The van der Waals surface area contributed by atoms with Crippen molar-refractivity contribution >= 4 is 40.8 Å². The molecule has 2 aromatic heterocycles. The van der Waals surface area contributed by atoms with Gasteiger partial charge in [-0.3, -0.25) is 9.20 Å². The number of amides is 1. The highest BCUT2D eigenvalue weighted by atomic mass is 35.5. The van der Waals surface area contributed by atoms with Crippen LogP contribution < -0.4 is 0 Å². The third-order valence-electron chi connectivity index (χ3n) is 4.83. The van der Waals surface area contributed by atoms with Crippen molar-refractivity contribution in [2.24, 2.45) is 0 Å². The van der Waals surface area contributed by atoms with Gasteiger partial charge < -0.3 is 4.90 Å². The molecule has 1 saturated heterocycles. The number of pyridine rings is 1. The van der Waals surface area contributed by atoms with Gasteiger partial charge in [0.05, 0.1) is 0 Å². The summed E-state index contributed by atoms with van der Waals surface area (Å²) in [6.07, 6.45) is 7.10. The fourth-order valence-electron chi connectivity index (χ4n) is 3.46. The first-order chi connectivity index (χ1) is 13.1. The first-order valence-electron chi connectivity index (χ1n) is 8.84. The zero-order valence-corrected chi connectivity index (χ0v) is 16.1. The molecule has 4 rings (SSSR count). The van der Waals surface area contributed by atoms with Crippen molar-refractivity contribution in [1.29, 1.82) is 0 Å². The minimum Gasteiger partial charge on any atom is -0.338 e. The molecular weight excluding hydrogens is 383 g/mol. The highest BCUT2D eigenvalue weighted by molar-refractivity contribution is 6.37.